The van der Waals surface area contributed by atoms with Gasteiger partial charge in [-0.3, -0.25) is 9.10 Å². The molecule has 2 heterocycles. The molecule has 0 aliphatic heterocycles. The van der Waals surface area contributed by atoms with E-state index in [1.807, 2.05) is 36.4 Å². The molecule has 206 valence electrons. The molecule has 6 nitrogen and oxygen atoms in total. The van der Waals surface area contributed by atoms with Crippen LogP contribution in [-0.2, 0) is 16.4 Å². The maximum absolute atomic E-state index is 13.5. The van der Waals surface area contributed by atoms with Gasteiger partial charge in [-0.1, -0.05) is 48.5 Å². The van der Waals surface area contributed by atoms with Crippen LogP contribution in [-0.4, -0.2) is 27.6 Å². The summed E-state index contributed by atoms with van der Waals surface area (Å²) in [5.74, 6) is -0.720. The van der Waals surface area contributed by atoms with Gasteiger partial charge in [0, 0.05) is 40.1 Å². The summed E-state index contributed by atoms with van der Waals surface area (Å²) in [6.45, 7) is 0. The summed E-state index contributed by atoms with van der Waals surface area (Å²) in [6.07, 6.45) is 1.34. The molecular formula is C32H25FN2O4S2. The minimum atomic E-state index is -3.64. The van der Waals surface area contributed by atoms with Crippen LogP contribution >= 0.6 is 11.3 Å². The third kappa shape index (κ3) is 5.10. The van der Waals surface area contributed by atoms with E-state index in [9.17, 15) is 17.6 Å². The Morgan fingerprint density at radius 3 is 2.39 bits per heavy atom. The Balaban J connectivity index is 1.55. The van der Waals surface area contributed by atoms with Crippen LogP contribution in [0.2, 0.25) is 0 Å². The molecule has 0 unspecified atom stereocenters. The molecule has 0 bridgehead atoms. The molecule has 6 aromatic rings. The number of thiophene rings is 1. The summed E-state index contributed by atoms with van der Waals surface area (Å²) >= 11 is 1.68. The number of furan rings is 1. The Bertz CT molecular complexity index is 2030. The first-order chi connectivity index (χ1) is 19.6. The first-order valence-electron chi connectivity index (χ1n) is 12.8. The molecule has 0 spiro atoms. The molecule has 0 atom stereocenters. The Morgan fingerprint density at radius 1 is 0.951 bits per heavy atom. The largest absolute Gasteiger partial charge is 0.460 e. The zero-order valence-electron chi connectivity index (χ0n) is 22.2. The van der Waals surface area contributed by atoms with Crippen molar-refractivity contribution in [1.82, 2.24) is 0 Å². The number of hydrogen-bond donors (Lipinski definition) is 1. The van der Waals surface area contributed by atoms with Crippen LogP contribution in [0.1, 0.15) is 21.7 Å². The average molecular weight is 585 g/mol. The smallest absolute Gasteiger partial charge is 0.252 e. The third-order valence-corrected chi connectivity index (χ3v) is 9.48. The second kappa shape index (κ2) is 10.2. The van der Waals surface area contributed by atoms with Crippen LogP contribution in [0.5, 0.6) is 0 Å². The number of carbonyl (C=O) groups excluding carboxylic acids is 1. The highest BCUT2D eigenvalue weighted by Crippen LogP contribution is 2.41. The number of nitrogens with zero attached hydrogens (tertiary/aromatic N) is 1. The number of nitrogens with two attached hydrogens (primary N) is 1. The summed E-state index contributed by atoms with van der Waals surface area (Å²) in [5, 5.41) is 1.62. The minimum Gasteiger partial charge on any atom is -0.460 e. The second-order valence-corrected chi connectivity index (χ2v) is 13.0. The average Bonchev–Trinajstić information content (AvgIpc) is 3.54. The van der Waals surface area contributed by atoms with Crippen molar-refractivity contribution in [2.45, 2.75) is 6.42 Å². The molecule has 9 heteroatoms. The van der Waals surface area contributed by atoms with Gasteiger partial charge < -0.3 is 10.2 Å². The van der Waals surface area contributed by atoms with Crippen molar-refractivity contribution in [3.63, 3.8) is 0 Å². The van der Waals surface area contributed by atoms with E-state index < -0.39 is 15.9 Å². The molecule has 0 fully saturated rings. The van der Waals surface area contributed by atoms with Gasteiger partial charge in [0.15, 0.2) is 0 Å². The van der Waals surface area contributed by atoms with Crippen molar-refractivity contribution >= 4 is 54.0 Å². The molecule has 41 heavy (non-hydrogen) atoms. The zero-order valence-corrected chi connectivity index (χ0v) is 23.9. The zero-order chi connectivity index (χ0) is 28.9. The SMILES string of the molecule is CN(c1cc2oc(Cc3ccc(F)cc3)c(C(N)=O)c2cc1-c1cccc(-c2cc3ccccc3s2)c1)S(C)(=O)=O. The first kappa shape index (κ1) is 26.7. The van der Waals surface area contributed by atoms with Crippen LogP contribution in [0.15, 0.2) is 95.4 Å². The van der Waals surface area contributed by atoms with Gasteiger partial charge in [0.25, 0.3) is 5.91 Å². The van der Waals surface area contributed by atoms with Gasteiger partial charge in [0.1, 0.15) is 17.2 Å². The van der Waals surface area contributed by atoms with E-state index in [-0.39, 0.29) is 17.8 Å². The third-order valence-electron chi connectivity index (χ3n) is 7.12. The van der Waals surface area contributed by atoms with E-state index in [1.54, 1.807) is 35.6 Å². The monoisotopic (exact) mass is 584 g/mol. The molecule has 0 aliphatic rings. The highest BCUT2D eigenvalue weighted by molar-refractivity contribution is 7.92. The van der Waals surface area contributed by atoms with Gasteiger partial charge in [-0.25, -0.2) is 12.8 Å². The number of amides is 1. The summed E-state index contributed by atoms with van der Waals surface area (Å²) < 4.78 is 47.3. The first-order valence-corrected chi connectivity index (χ1v) is 15.4. The van der Waals surface area contributed by atoms with Crippen LogP contribution in [0.3, 0.4) is 0 Å². The fourth-order valence-electron chi connectivity index (χ4n) is 5.00. The fourth-order valence-corrected chi connectivity index (χ4v) is 6.57. The Morgan fingerprint density at radius 2 is 1.68 bits per heavy atom. The lowest BCUT2D eigenvalue weighted by Crippen LogP contribution is -2.25. The number of primary amides is 1. The van der Waals surface area contributed by atoms with Crippen LogP contribution in [0, 0.1) is 5.82 Å². The predicted molar refractivity (Wildman–Crippen MR) is 163 cm³/mol. The molecule has 0 saturated heterocycles. The Hall–Kier alpha value is -4.47. The summed E-state index contributed by atoms with van der Waals surface area (Å²) in [4.78, 5) is 13.8. The molecule has 4 aromatic carbocycles. The Labute approximate surface area is 240 Å². The lowest BCUT2D eigenvalue weighted by Gasteiger charge is -2.21. The molecule has 0 saturated carbocycles. The van der Waals surface area contributed by atoms with E-state index in [1.165, 1.54) is 28.2 Å². The molecular weight excluding hydrogens is 559 g/mol. The van der Waals surface area contributed by atoms with Gasteiger partial charge in [-0.15, -0.1) is 11.3 Å². The lowest BCUT2D eigenvalue weighted by atomic mass is 9.97. The number of sulfonamides is 1. The minimum absolute atomic E-state index is 0.208. The molecule has 1 amide bonds. The number of carbonyl (C=O) groups is 1. The quantitative estimate of drug-likeness (QED) is 0.215. The van der Waals surface area contributed by atoms with Crippen molar-refractivity contribution in [2.75, 3.05) is 17.6 Å². The van der Waals surface area contributed by atoms with E-state index in [4.69, 9.17) is 10.2 Å². The molecule has 2 aromatic heterocycles. The number of halogens is 1. The fraction of sp³-hybridized carbons (Fsp3) is 0.0938. The summed E-state index contributed by atoms with van der Waals surface area (Å²) in [6, 6.07) is 27.4. The number of fused-ring (bicyclic) bond motifs is 2. The van der Waals surface area contributed by atoms with Crippen LogP contribution in [0.25, 0.3) is 42.6 Å². The van der Waals surface area contributed by atoms with Crippen LogP contribution in [0.4, 0.5) is 10.1 Å². The maximum atomic E-state index is 13.5. The van der Waals surface area contributed by atoms with Crippen LogP contribution < -0.4 is 10.0 Å². The topological polar surface area (TPSA) is 93.6 Å². The number of anilines is 1. The highest BCUT2D eigenvalue weighted by atomic mass is 32.2. The standard InChI is InChI=1S/C32H25FN2O4S2/c1-35(41(2,37)38)26-18-27-25(31(32(34)36)28(39-27)14-19-10-12-23(33)13-11-19)17-24(26)20-7-5-8-21(15-20)30-16-22-6-3-4-9-29(22)40-30/h3-13,15-18H,14H2,1-2H3,(H2,34,36). The second-order valence-electron chi connectivity index (χ2n) is 9.89. The van der Waals surface area contributed by atoms with E-state index in [0.717, 1.165) is 33.2 Å². The molecule has 0 radical (unpaired) electrons. The summed E-state index contributed by atoms with van der Waals surface area (Å²) in [5.41, 5.74) is 9.85. The predicted octanol–water partition coefficient (Wildman–Crippen LogP) is 7.21. The van der Waals surface area contributed by atoms with Crippen molar-refractivity contribution < 1.29 is 22.0 Å². The van der Waals surface area contributed by atoms with Gasteiger partial charge in [-0.2, -0.15) is 0 Å². The normalized spacial score (nSPS) is 11.8. The maximum Gasteiger partial charge on any atom is 0.252 e. The van der Waals surface area contributed by atoms with Crippen molar-refractivity contribution in [3.05, 3.63) is 114 Å². The van der Waals surface area contributed by atoms with E-state index >= 15 is 0 Å². The van der Waals surface area contributed by atoms with E-state index in [0.29, 0.717) is 28.0 Å². The number of hydrogen-bond acceptors (Lipinski definition) is 5. The van der Waals surface area contributed by atoms with E-state index in [2.05, 4.69) is 18.2 Å². The van der Waals surface area contributed by atoms with Gasteiger partial charge >= 0.3 is 0 Å². The lowest BCUT2D eigenvalue weighted by molar-refractivity contribution is 0.1000. The van der Waals surface area contributed by atoms with Gasteiger partial charge in [0.05, 0.1) is 17.5 Å². The van der Waals surface area contributed by atoms with Gasteiger partial charge in [0.2, 0.25) is 10.0 Å². The highest BCUT2D eigenvalue weighted by Gasteiger charge is 2.25. The summed E-state index contributed by atoms with van der Waals surface area (Å²) in [7, 11) is -2.16. The molecule has 6 rings (SSSR count). The molecule has 2 N–H and O–H groups in total. The van der Waals surface area contributed by atoms with Crippen molar-refractivity contribution in [3.8, 4) is 21.6 Å². The van der Waals surface area contributed by atoms with Crippen molar-refractivity contribution in [2.24, 2.45) is 5.73 Å². The molecule has 0 aliphatic carbocycles. The Kier molecular flexibility index (Phi) is 6.63. The van der Waals surface area contributed by atoms with Gasteiger partial charge in [-0.05, 0) is 58.5 Å². The van der Waals surface area contributed by atoms with Crippen molar-refractivity contribution in [1.29, 1.82) is 0 Å². The number of benzene rings is 4. The number of rotatable bonds is 7.